The number of aromatic amines is 1. The zero-order chi connectivity index (χ0) is 10.8. The van der Waals surface area contributed by atoms with Crippen LogP contribution in [0.25, 0.3) is 11.3 Å². The fraction of sp³-hybridized carbons (Fsp3) is 0.100. The molecule has 2 aromatic heterocycles. The highest BCUT2D eigenvalue weighted by atomic mass is 32.2. The van der Waals surface area contributed by atoms with E-state index in [1.807, 2.05) is 30.7 Å². The van der Waals surface area contributed by atoms with Gasteiger partial charge in [0.25, 0.3) is 0 Å². The Bertz CT molecular complexity index is 471. The van der Waals surface area contributed by atoms with Gasteiger partial charge in [0.15, 0.2) is 0 Å². The summed E-state index contributed by atoms with van der Waals surface area (Å²) < 4.78 is 1.18. The predicted octanol–water partition coefficient (Wildman–Crippen LogP) is 2.75. The maximum absolute atomic E-state index is 7.41. The summed E-state index contributed by atoms with van der Waals surface area (Å²) in [5.41, 5.74) is 7.68. The summed E-state index contributed by atoms with van der Waals surface area (Å²) >= 11 is 3.24. The molecule has 4 N–H and O–H groups in total. The first-order chi connectivity index (χ1) is 7.22. The fourth-order valence-corrected chi connectivity index (χ4v) is 3.10. The van der Waals surface area contributed by atoms with Gasteiger partial charge in [-0.1, -0.05) is 0 Å². The Balaban J connectivity index is 2.51. The minimum Gasteiger partial charge on any atom is -0.383 e. The number of hydrogen-bond acceptors (Lipinski definition) is 3. The monoisotopic (exact) mass is 237 g/mol. The Hall–Kier alpha value is -1.20. The molecule has 2 rings (SSSR count). The van der Waals surface area contributed by atoms with Crippen molar-refractivity contribution in [3.05, 3.63) is 29.3 Å². The topological polar surface area (TPSA) is 65.7 Å². The van der Waals surface area contributed by atoms with Gasteiger partial charge in [-0.2, -0.15) is 0 Å². The van der Waals surface area contributed by atoms with E-state index in [9.17, 15) is 0 Å². The molecule has 0 bridgehead atoms. The van der Waals surface area contributed by atoms with Crippen LogP contribution in [0.3, 0.4) is 0 Å². The molecular weight excluding hydrogens is 226 g/mol. The maximum Gasteiger partial charge on any atom is 0.133 e. The lowest BCUT2D eigenvalue weighted by molar-refractivity contribution is 1.39. The van der Waals surface area contributed by atoms with Gasteiger partial charge in [-0.25, -0.2) is 0 Å². The lowest BCUT2D eigenvalue weighted by Crippen LogP contribution is -2.08. The Labute approximate surface area is 96.2 Å². The molecule has 0 unspecified atom stereocenters. The number of hydrogen-bond donors (Lipinski definition) is 3. The Morgan fingerprint density at radius 3 is 2.93 bits per heavy atom. The molecule has 0 aromatic carbocycles. The molecule has 3 nitrogen and oxygen atoms in total. The van der Waals surface area contributed by atoms with Crippen LogP contribution in [-0.4, -0.2) is 17.1 Å². The third-order valence-electron chi connectivity index (χ3n) is 2.04. The number of nitrogens with two attached hydrogens (primary N) is 1. The molecule has 5 heteroatoms. The van der Waals surface area contributed by atoms with Crippen molar-refractivity contribution in [3.8, 4) is 11.3 Å². The second-order valence-electron chi connectivity index (χ2n) is 3.01. The molecule has 0 aliphatic rings. The average molecular weight is 237 g/mol. The standard InChI is InChI=1S/C10H11N3S2/c1-14-10-6(7-3-2-4-13-7)5-8(15-10)9(11)12/h2-5,13H,1H3,(H3,11,12). The van der Waals surface area contributed by atoms with E-state index in [-0.39, 0.29) is 5.84 Å². The van der Waals surface area contributed by atoms with Crippen molar-refractivity contribution in [1.82, 2.24) is 4.98 Å². The highest BCUT2D eigenvalue weighted by molar-refractivity contribution is 8.00. The van der Waals surface area contributed by atoms with Crippen molar-refractivity contribution in [1.29, 1.82) is 5.41 Å². The van der Waals surface area contributed by atoms with Gasteiger partial charge in [-0.15, -0.1) is 23.1 Å². The summed E-state index contributed by atoms with van der Waals surface area (Å²) in [5, 5.41) is 7.41. The molecule has 0 radical (unpaired) electrons. The quantitative estimate of drug-likeness (QED) is 0.436. The molecule has 0 aliphatic carbocycles. The Morgan fingerprint density at radius 1 is 1.60 bits per heavy atom. The second kappa shape index (κ2) is 4.12. The molecule has 2 heterocycles. The van der Waals surface area contributed by atoms with Gasteiger partial charge in [0.2, 0.25) is 0 Å². The summed E-state index contributed by atoms with van der Waals surface area (Å²) in [5.74, 6) is 0.133. The van der Waals surface area contributed by atoms with Crippen LogP contribution in [0.4, 0.5) is 0 Å². The first-order valence-corrected chi connectivity index (χ1v) is 6.42. The molecule has 0 fully saturated rings. The van der Waals surface area contributed by atoms with Gasteiger partial charge in [-0.05, 0) is 24.5 Å². The van der Waals surface area contributed by atoms with Crippen molar-refractivity contribution in [2.75, 3.05) is 6.26 Å². The summed E-state index contributed by atoms with van der Waals surface area (Å²) in [6.45, 7) is 0. The van der Waals surface area contributed by atoms with Crippen LogP contribution < -0.4 is 5.73 Å². The Morgan fingerprint density at radius 2 is 2.40 bits per heavy atom. The van der Waals surface area contributed by atoms with E-state index in [1.54, 1.807) is 23.1 Å². The molecule has 2 aromatic rings. The summed E-state index contributed by atoms with van der Waals surface area (Å²) in [6.07, 6.45) is 3.92. The number of thioether (sulfide) groups is 1. The zero-order valence-electron chi connectivity index (χ0n) is 8.20. The smallest absolute Gasteiger partial charge is 0.133 e. The van der Waals surface area contributed by atoms with Gasteiger partial charge >= 0.3 is 0 Å². The molecule has 0 saturated heterocycles. The largest absolute Gasteiger partial charge is 0.383 e. The number of thiophene rings is 1. The molecule has 0 amide bonds. The van der Waals surface area contributed by atoms with Gasteiger partial charge in [0, 0.05) is 17.5 Å². The lowest BCUT2D eigenvalue weighted by Gasteiger charge is -1.96. The van der Waals surface area contributed by atoms with E-state index in [2.05, 4.69) is 4.98 Å². The first kappa shape index (κ1) is 10.3. The number of nitrogens with one attached hydrogen (secondary N) is 2. The third-order valence-corrected chi connectivity index (χ3v) is 4.34. The maximum atomic E-state index is 7.41. The predicted molar refractivity (Wildman–Crippen MR) is 66.9 cm³/mol. The summed E-state index contributed by atoms with van der Waals surface area (Å²) in [4.78, 5) is 3.99. The van der Waals surface area contributed by atoms with Gasteiger partial charge in [0.1, 0.15) is 5.84 Å². The van der Waals surface area contributed by atoms with Gasteiger partial charge < -0.3 is 10.7 Å². The van der Waals surface area contributed by atoms with E-state index in [4.69, 9.17) is 11.1 Å². The molecule has 15 heavy (non-hydrogen) atoms. The number of H-pyrrole nitrogens is 1. The van der Waals surface area contributed by atoms with Gasteiger partial charge in [0.05, 0.1) is 9.09 Å². The molecule has 78 valence electrons. The van der Waals surface area contributed by atoms with E-state index in [1.165, 1.54) is 4.21 Å². The van der Waals surface area contributed by atoms with E-state index >= 15 is 0 Å². The third kappa shape index (κ3) is 1.93. The van der Waals surface area contributed by atoms with Crippen molar-refractivity contribution in [3.63, 3.8) is 0 Å². The normalized spacial score (nSPS) is 10.5. The highest BCUT2D eigenvalue weighted by Crippen LogP contribution is 2.36. The van der Waals surface area contributed by atoms with Crippen LogP contribution in [0.15, 0.2) is 28.6 Å². The van der Waals surface area contributed by atoms with Crippen molar-refractivity contribution in [2.24, 2.45) is 5.73 Å². The fourth-order valence-electron chi connectivity index (χ4n) is 1.34. The van der Waals surface area contributed by atoms with Crippen molar-refractivity contribution >= 4 is 28.9 Å². The summed E-state index contributed by atoms with van der Waals surface area (Å²) in [6, 6.07) is 5.95. The minimum atomic E-state index is 0.133. The first-order valence-electron chi connectivity index (χ1n) is 4.38. The summed E-state index contributed by atoms with van der Waals surface area (Å²) in [7, 11) is 0. The van der Waals surface area contributed by atoms with E-state index < -0.39 is 0 Å². The van der Waals surface area contributed by atoms with Crippen molar-refractivity contribution in [2.45, 2.75) is 4.21 Å². The number of rotatable bonds is 3. The van der Waals surface area contributed by atoms with Gasteiger partial charge in [-0.3, -0.25) is 5.41 Å². The van der Waals surface area contributed by atoms with Crippen LogP contribution in [0.1, 0.15) is 4.88 Å². The molecule has 0 aliphatic heterocycles. The molecule has 0 atom stereocenters. The highest BCUT2D eigenvalue weighted by Gasteiger charge is 2.12. The van der Waals surface area contributed by atoms with E-state index in [0.29, 0.717) is 0 Å². The minimum absolute atomic E-state index is 0.133. The Kier molecular flexibility index (Phi) is 2.83. The average Bonchev–Trinajstić information content (AvgIpc) is 2.86. The molecular formula is C10H11N3S2. The number of nitrogen functional groups attached to an aromatic ring is 1. The molecule has 0 saturated carbocycles. The SMILES string of the molecule is CSc1sc(C(=N)N)cc1-c1ccc[nH]1. The zero-order valence-corrected chi connectivity index (χ0v) is 9.84. The van der Waals surface area contributed by atoms with Crippen LogP contribution in [0.5, 0.6) is 0 Å². The lowest BCUT2D eigenvalue weighted by atomic mass is 10.2. The number of amidine groups is 1. The second-order valence-corrected chi connectivity index (χ2v) is 5.14. The molecule has 0 spiro atoms. The van der Waals surface area contributed by atoms with Crippen LogP contribution in [0.2, 0.25) is 0 Å². The van der Waals surface area contributed by atoms with Crippen molar-refractivity contribution < 1.29 is 0 Å². The number of aromatic nitrogens is 1. The van der Waals surface area contributed by atoms with E-state index in [0.717, 1.165) is 16.1 Å². The van der Waals surface area contributed by atoms with Crippen LogP contribution in [0, 0.1) is 5.41 Å². The van der Waals surface area contributed by atoms with Crippen LogP contribution >= 0.6 is 23.1 Å². The van der Waals surface area contributed by atoms with Crippen LogP contribution in [-0.2, 0) is 0 Å².